The zero-order valence-corrected chi connectivity index (χ0v) is 13.3. The van der Waals surface area contributed by atoms with Crippen LogP contribution in [0.15, 0.2) is 0 Å². The van der Waals surface area contributed by atoms with Crippen molar-refractivity contribution in [3.05, 3.63) is 0 Å². The van der Waals surface area contributed by atoms with Crippen molar-refractivity contribution in [2.24, 2.45) is 11.8 Å². The molecule has 0 bridgehead atoms. The van der Waals surface area contributed by atoms with Gasteiger partial charge in [0.05, 0.1) is 25.0 Å². The van der Waals surface area contributed by atoms with Crippen LogP contribution in [-0.2, 0) is 19.1 Å². The van der Waals surface area contributed by atoms with Gasteiger partial charge in [0, 0.05) is 11.5 Å². The predicted octanol–water partition coefficient (Wildman–Crippen LogP) is 2.90. The minimum absolute atomic E-state index is 0.0790. The number of thioether (sulfide) groups is 1. The van der Waals surface area contributed by atoms with E-state index >= 15 is 0 Å². The van der Waals surface area contributed by atoms with E-state index in [1.165, 1.54) is 0 Å². The number of rotatable bonds is 10. The molecule has 19 heavy (non-hydrogen) atoms. The Morgan fingerprint density at radius 3 is 1.47 bits per heavy atom. The molecule has 0 spiro atoms. The summed E-state index contributed by atoms with van der Waals surface area (Å²) in [5, 5.41) is 0. The molecule has 0 aromatic rings. The summed E-state index contributed by atoms with van der Waals surface area (Å²) in [5.41, 5.74) is 0. The lowest BCUT2D eigenvalue weighted by atomic mass is 10.1. The van der Waals surface area contributed by atoms with E-state index in [4.69, 9.17) is 9.47 Å². The fourth-order valence-corrected chi connectivity index (χ4v) is 3.03. The van der Waals surface area contributed by atoms with E-state index in [2.05, 4.69) is 0 Å². The molecule has 0 aliphatic rings. The summed E-state index contributed by atoms with van der Waals surface area (Å²) >= 11 is 1.63. The number of ether oxygens (including phenoxy) is 2. The van der Waals surface area contributed by atoms with Gasteiger partial charge in [-0.15, -0.1) is 0 Å². The first-order valence-corrected chi connectivity index (χ1v) is 8.16. The van der Waals surface area contributed by atoms with Crippen LogP contribution in [0.25, 0.3) is 0 Å². The number of carbonyl (C=O) groups is 2. The van der Waals surface area contributed by atoms with Crippen molar-refractivity contribution in [2.75, 3.05) is 24.7 Å². The third-order valence-electron chi connectivity index (χ3n) is 2.86. The van der Waals surface area contributed by atoms with Crippen molar-refractivity contribution < 1.29 is 19.1 Å². The molecule has 0 N–H and O–H groups in total. The molecule has 2 atom stereocenters. The Hall–Kier alpha value is -0.710. The van der Waals surface area contributed by atoms with Crippen molar-refractivity contribution in [1.29, 1.82) is 0 Å². The summed E-state index contributed by atoms with van der Waals surface area (Å²) in [6.07, 6.45) is 1.53. The van der Waals surface area contributed by atoms with Crippen molar-refractivity contribution in [3.8, 4) is 0 Å². The molecule has 5 heteroatoms. The second kappa shape index (κ2) is 11.1. The molecule has 0 fully saturated rings. The van der Waals surface area contributed by atoms with Gasteiger partial charge < -0.3 is 9.47 Å². The molecule has 0 heterocycles. The Bertz CT molecular complexity index is 242. The van der Waals surface area contributed by atoms with Gasteiger partial charge in [-0.25, -0.2) is 0 Å². The first-order valence-electron chi connectivity index (χ1n) is 7.01. The SMILES string of the molecule is CCOC(=O)C(CC)CSCC(CC)C(=O)OCC. The van der Waals surface area contributed by atoms with Gasteiger partial charge in [-0.2, -0.15) is 11.8 Å². The van der Waals surface area contributed by atoms with Gasteiger partial charge in [0.1, 0.15) is 0 Å². The third kappa shape index (κ3) is 7.45. The van der Waals surface area contributed by atoms with Crippen LogP contribution in [0.1, 0.15) is 40.5 Å². The minimum Gasteiger partial charge on any atom is -0.466 e. The second-order valence-corrected chi connectivity index (χ2v) is 5.33. The Labute approximate surface area is 120 Å². The van der Waals surface area contributed by atoms with E-state index in [1.807, 2.05) is 27.7 Å². The van der Waals surface area contributed by atoms with Crippen molar-refractivity contribution in [2.45, 2.75) is 40.5 Å². The summed E-state index contributed by atoms with van der Waals surface area (Å²) in [6.45, 7) is 8.41. The van der Waals surface area contributed by atoms with Crippen LogP contribution in [0, 0.1) is 11.8 Å². The maximum Gasteiger partial charge on any atom is 0.309 e. The third-order valence-corrected chi connectivity index (χ3v) is 4.14. The molecule has 2 unspecified atom stereocenters. The summed E-state index contributed by atoms with van der Waals surface area (Å²) in [6, 6.07) is 0. The van der Waals surface area contributed by atoms with E-state index in [0.717, 1.165) is 12.8 Å². The fraction of sp³-hybridized carbons (Fsp3) is 0.857. The molecule has 112 valence electrons. The van der Waals surface area contributed by atoms with Gasteiger partial charge >= 0.3 is 11.9 Å². The van der Waals surface area contributed by atoms with Gasteiger partial charge in [0.2, 0.25) is 0 Å². The summed E-state index contributed by atoms with van der Waals surface area (Å²) in [7, 11) is 0. The van der Waals surface area contributed by atoms with Gasteiger partial charge in [-0.05, 0) is 26.7 Å². The minimum atomic E-state index is -0.137. The van der Waals surface area contributed by atoms with Crippen LogP contribution in [0.5, 0.6) is 0 Å². The average Bonchev–Trinajstić information content (AvgIpc) is 2.39. The van der Waals surface area contributed by atoms with Crippen molar-refractivity contribution in [1.82, 2.24) is 0 Å². The molecule has 0 radical (unpaired) electrons. The predicted molar refractivity (Wildman–Crippen MR) is 78.2 cm³/mol. The zero-order chi connectivity index (χ0) is 14.7. The number of hydrogen-bond donors (Lipinski definition) is 0. The van der Waals surface area contributed by atoms with Crippen molar-refractivity contribution >= 4 is 23.7 Å². The van der Waals surface area contributed by atoms with E-state index in [0.29, 0.717) is 24.7 Å². The van der Waals surface area contributed by atoms with Gasteiger partial charge in [0.15, 0.2) is 0 Å². The molecule has 0 aromatic heterocycles. The Morgan fingerprint density at radius 1 is 0.842 bits per heavy atom. The van der Waals surface area contributed by atoms with E-state index in [1.54, 1.807) is 11.8 Å². The molecule has 4 nitrogen and oxygen atoms in total. The Morgan fingerprint density at radius 2 is 1.21 bits per heavy atom. The quantitative estimate of drug-likeness (QED) is 0.579. The zero-order valence-electron chi connectivity index (χ0n) is 12.4. The standard InChI is InChI=1S/C14H26O4S/c1-5-11(13(15)17-7-3)9-19-10-12(6-2)14(16)18-8-4/h11-12H,5-10H2,1-4H3. The molecule has 0 saturated heterocycles. The molecule has 0 amide bonds. The molecular weight excluding hydrogens is 264 g/mol. The highest BCUT2D eigenvalue weighted by Gasteiger charge is 2.21. The van der Waals surface area contributed by atoms with Crippen molar-refractivity contribution in [3.63, 3.8) is 0 Å². The second-order valence-electron chi connectivity index (χ2n) is 4.25. The summed E-state index contributed by atoms with van der Waals surface area (Å²) < 4.78 is 10.0. The Kier molecular flexibility index (Phi) is 10.7. The summed E-state index contributed by atoms with van der Waals surface area (Å²) in [5.74, 6) is 0.967. The number of hydrogen-bond acceptors (Lipinski definition) is 5. The Balaban J connectivity index is 4.09. The maximum absolute atomic E-state index is 11.6. The number of carbonyl (C=O) groups excluding carboxylic acids is 2. The normalized spacial score (nSPS) is 13.7. The van der Waals surface area contributed by atoms with E-state index in [9.17, 15) is 9.59 Å². The van der Waals surface area contributed by atoms with Crippen LogP contribution in [0.3, 0.4) is 0 Å². The monoisotopic (exact) mass is 290 g/mol. The molecule has 0 rings (SSSR count). The van der Waals surface area contributed by atoms with Crippen LogP contribution in [0.4, 0.5) is 0 Å². The van der Waals surface area contributed by atoms with Crippen LogP contribution in [-0.4, -0.2) is 36.7 Å². The lowest BCUT2D eigenvalue weighted by Crippen LogP contribution is -2.22. The smallest absolute Gasteiger partial charge is 0.309 e. The lowest BCUT2D eigenvalue weighted by molar-refractivity contribution is -0.147. The topological polar surface area (TPSA) is 52.6 Å². The van der Waals surface area contributed by atoms with E-state index < -0.39 is 0 Å². The molecule has 0 aromatic carbocycles. The lowest BCUT2D eigenvalue weighted by Gasteiger charge is -2.16. The molecular formula is C14H26O4S. The fourth-order valence-electron chi connectivity index (χ4n) is 1.58. The number of esters is 2. The highest BCUT2D eigenvalue weighted by atomic mass is 32.2. The molecule has 0 aliphatic heterocycles. The summed E-state index contributed by atoms with van der Waals surface area (Å²) in [4.78, 5) is 23.3. The first kappa shape index (κ1) is 18.3. The van der Waals surface area contributed by atoms with E-state index in [-0.39, 0.29) is 23.8 Å². The largest absolute Gasteiger partial charge is 0.466 e. The van der Waals surface area contributed by atoms with Crippen LogP contribution >= 0.6 is 11.8 Å². The van der Waals surface area contributed by atoms with Gasteiger partial charge in [-0.3, -0.25) is 9.59 Å². The molecule has 0 saturated carbocycles. The highest BCUT2D eigenvalue weighted by Crippen LogP contribution is 2.19. The molecule has 0 aliphatic carbocycles. The van der Waals surface area contributed by atoms with Gasteiger partial charge in [0.25, 0.3) is 0 Å². The van der Waals surface area contributed by atoms with Crippen LogP contribution in [0.2, 0.25) is 0 Å². The maximum atomic E-state index is 11.6. The highest BCUT2D eigenvalue weighted by molar-refractivity contribution is 7.99. The van der Waals surface area contributed by atoms with Gasteiger partial charge in [-0.1, -0.05) is 13.8 Å². The average molecular weight is 290 g/mol. The van der Waals surface area contributed by atoms with Crippen LogP contribution < -0.4 is 0 Å². The first-order chi connectivity index (χ1) is 9.10.